The van der Waals surface area contributed by atoms with Crippen molar-refractivity contribution in [3.8, 4) is 0 Å². The van der Waals surface area contributed by atoms with E-state index in [-0.39, 0.29) is 0 Å². The Morgan fingerprint density at radius 3 is 2.55 bits per heavy atom. The summed E-state index contributed by atoms with van der Waals surface area (Å²) in [6, 6.07) is 0. The largest absolute Gasteiger partial charge is 0.399 e. The van der Waals surface area contributed by atoms with Gasteiger partial charge in [0.15, 0.2) is 0 Å². The fourth-order valence-corrected chi connectivity index (χ4v) is 0.968. The molecule has 2 nitrogen and oxygen atoms in total. The van der Waals surface area contributed by atoms with Gasteiger partial charge < -0.3 is 4.84 Å². The predicted molar refractivity (Wildman–Crippen MR) is 48.8 cm³/mol. The van der Waals surface area contributed by atoms with Crippen LogP contribution in [0.25, 0.3) is 0 Å². The first-order valence-corrected chi connectivity index (χ1v) is 4.23. The van der Waals surface area contributed by atoms with Gasteiger partial charge in [-0.25, -0.2) is 0 Å². The Balaban J connectivity index is 3.31. The third-order valence-electron chi connectivity index (χ3n) is 1.57. The highest BCUT2D eigenvalue weighted by Crippen LogP contribution is 2.06. The molecule has 0 amide bonds. The zero-order valence-electron chi connectivity index (χ0n) is 8.05. The Morgan fingerprint density at radius 1 is 1.45 bits per heavy atom. The number of hydrogen-bond donors (Lipinski definition) is 0. The molecule has 0 N–H and O–H groups in total. The van der Waals surface area contributed by atoms with Gasteiger partial charge in [0.05, 0.1) is 5.71 Å². The Kier molecular flexibility index (Phi) is 5.90. The SMILES string of the molecule is CON=C(C)CCCC(C)C. The van der Waals surface area contributed by atoms with Crippen molar-refractivity contribution >= 4 is 5.71 Å². The van der Waals surface area contributed by atoms with E-state index in [9.17, 15) is 0 Å². The van der Waals surface area contributed by atoms with Crippen molar-refractivity contribution in [3.05, 3.63) is 0 Å². The van der Waals surface area contributed by atoms with Gasteiger partial charge in [0.25, 0.3) is 0 Å². The maximum Gasteiger partial charge on any atom is 0.106 e. The number of rotatable bonds is 5. The third kappa shape index (κ3) is 7.37. The lowest BCUT2D eigenvalue weighted by Crippen LogP contribution is -1.94. The summed E-state index contributed by atoms with van der Waals surface area (Å²) in [5.74, 6) is 0.797. The molecule has 0 saturated heterocycles. The highest BCUT2D eigenvalue weighted by Gasteiger charge is 1.95. The van der Waals surface area contributed by atoms with E-state index in [2.05, 4.69) is 23.8 Å². The van der Waals surface area contributed by atoms with E-state index >= 15 is 0 Å². The van der Waals surface area contributed by atoms with Crippen LogP contribution < -0.4 is 0 Å². The van der Waals surface area contributed by atoms with E-state index < -0.39 is 0 Å². The monoisotopic (exact) mass is 157 g/mol. The summed E-state index contributed by atoms with van der Waals surface area (Å²) < 4.78 is 0. The average molecular weight is 157 g/mol. The van der Waals surface area contributed by atoms with Crippen molar-refractivity contribution in [1.82, 2.24) is 0 Å². The minimum absolute atomic E-state index is 0.797. The standard InChI is InChI=1S/C9H19NO/c1-8(2)6-5-7-9(3)10-11-4/h8H,5-7H2,1-4H3. The van der Waals surface area contributed by atoms with E-state index in [4.69, 9.17) is 0 Å². The molecule has 66 valence electrons. The summed E-state index contributed by atoms with van der Waals surface area (Å²) >= 11 is 0. The molecule has 0 fully saturated rings. The minimum atomic E-state index is 0.797. The maximum absolute atomic E-state index is 4.65. The molecule has 0 spiro atoms. The van der Waals surface area contributed by atoms with Gasteiger partial charge in [-0.2, -0.15) is 0 Å². The van der Waals surface area contributed by atoms with Gasteiger partial charge >= 0.3 is 0 Å². The van der Waals surface area contributed by atoms with Gasteiger partial charge in [-0.3, -0.25) is 0 Å². The highest BCUT2D eigenvalue weighted by molar-refractivity contribution is 5.81. The summed E-state index contributed by atoms with van der Waals surface area (Å²) in [5, 5.41) is 3.84. The third-order valence-corrected chi connectivity index (χ3v) is 1.57. The van der Waals surface area contributed by atoms with Crippen molar-refractivity contribution in [1.29, 1.82) is 0 Å². The molecule has 0 radical (unpaired) electrons. The maximum atomic E-state index is 4.65. The fourth-order valence-electron chi connectivity index (χ4n) is 0.968. The van der Waals surface area contributed by atoms with Gasteiger partial charge in [-0.05, 0) is 25.7 Å². The van der Waals surface area contributed by atoms with Gasteiger partial charge in [0, 0.05) is 0 Å². The normalized spacial score (nSPS) is 12.3. The van der Waals surface area contributed by atoms with E-state index in [1.54, 1.807) is 7.11 Å². The van der Waals surface area contributed by atoms with Crippen molar-refractivity contribution in [2.75, 3.05) is 7.11 Å². The Bertz CT molecular complexity index is 119. The summed E-state index contributed by atoms with van der Waals surface area (Å²) in [7, 11) is 1.59. The first-order chi connectivity index (χ1) is 5.16. The van der Waals surface area contributed by atoms with Crippen LogP contribution in [-0.2, 0) is 4.84 Å². The minimum Gasteiger partial charge on any atom is -0.399 e. The van der Waals surface area contributed by atoms with Crippen LogP contribution in [0.2, 0.25) is 0 Å². The number of nitrogens with zero attached hydrogens (tertiary/aromatic N) is 1. The smallest absolute Gasteiger partial charge is 0.106 e. The van der Waals surface area contributed by atoms with Crippen LogP contribution in [0.4, 0.5) is 0 Å². The Labute approximate surface area is 69.6 Å². The fraction of sp³-hybridized carbons (Fsp3) is 0.889. The van der Waals surface area contributed by atoms with Crippen molar-refractivity contribution in [2.24, 2.45) is 11.1 Å². The lowest BCUT2D eigenvalue weighted by molar-refractivity contribution is 0.212. The van der Waals surface area contributed by atoms with Crippen LogP contribution in [0, 0.1) is 5.92 Å². The summed E-state index contributed by atoms with van der Waals surface area (Å²) in [4.78, 5) is 4.65. The molecule has 0 heterocycles. The molecular weight excluding hydrogens is 138 g/mol. The highest BCUT2D eigenvalue weighted by atomic mass is 16.6. The summed E-state index contributed by atoms with van der Waals surface area (Å²) in [6.45, 7) is 6.48. The Morgan fingerprint density at radius 2 is 2.09 bits per heavy atom. The first kappa shape index (κ1) is 10.5. The van der Waals surface area contributed by atoms with Crippen LogP contribution in [0.3, 0.4) is 0 Å². The van der Waals surface area contributed by atoms with Gasteiger partial charge in [0.2, 0.25) is 0 Å². The molecular formula is C9H19NO. The first-order valence-electron chi connectivity index (χ1n) is 4.23. The van der Waals surface area contributed by atoms with E-state index in [1.165, 1.54) is 12.8 Å². The van der Waals surface area contributed by atoms with Gasteiger partial charge in [-0.15, -0.1) is 0 Å². The average Bonchev–Trinajstić information content (AvgIpc) is 1.87. The molecule has 11 heavy (non-hydrogen) atoms. The number of hydrogen-bond acceptors (Lipinski definition) is 2. The second-order valence-corrected chi connectivity index (χ2v) is 3.30. The lowest BCUT2D eigenvalue weighted by atomic mass is 10.1. The van der Waals surface area contributed by atoms with E-state index in [1.807, 2.05) is 6.92 Å². The zero-order valence-corrected chi connectivity index (χ0v) is 8.05. The van der Waals surface area contributed by atoms with Crippen molar-refractivity contribution < 1.29 is 4.84 Å². The van der Waals surface area contributed by atoms with Gasteiger partial charge in [-0.1, -0.05) is 25.4 Å². The topological polar surface area (TPSA) is 21.6 Å². The molecule has 0 aliphatic carbocycles. The van der Waals surface area contributed by atoms with Crippen LogP contribution >= 0.6 is 0 Å². The molecule has 0 aromatic rings. The molecule has 0 bridgehead atoms. The van der Waals surface area contributed by atoms with Gasteiger partial charge in [0.1, 0.15) is 7.11 Å². The quantitative estimate of drug-likeness (QED) is 0.444. The molecule has 2 heteroatoms. The van der Waals surface area contributed by atoms with E-state index in [0.717, 1.165) is 18.1 Å². The molecule has 0 atom stereocenters. The lowest BCUT2D eigenvalue weighted by Gasteiger charge is -2.02. The second kappa shape index (κ2) is 6.20. The summed E-state index contributed by atoms with van der Waals surface area (Å²) in [5.41, 5.74) is 1.09. The van der Waals surface area contributed by atoms with Crippen LogP contribution in [-0.4, -0.2) is 12.8 Å². The zero-order chi connectivity index (χ0) is 8.69. The predicted octanol–water partition coefficient (Wildman–Crippen LogP) is 2.84. The van der Waals surface area contributed by atoms with Crippen molar-refractivity contribution in [3.63, 3.8) is 0 Å². The Hall–Kier alpha value is -0.530. The molecule has 0 aromatic heterocycles. The number of oxime groups is 1. The molecule has 0 aliphatic heterocycles. The molecule has 0 unspecified atom stereocenters. The molecule has 0 rings (SSSR count). The second-order valence-electron chi connectivity index (χ2n) is 3.30. The van der Waals surface area contributed by atoms with Crippen LogP contribution in [0.1, 0.15) is 40.0 Å². The molecule has 0 aromatic carbocycles. The van der Waals surface area contributed by atoms with Crippen LogP contribution in [0.15, 0.2) is 5.16 Å². The summed E-state index contributed by atoms with van der Waals surface area (Å²) in [6.07, 6.45) is 3.55. The van der Waals surface area contributed by atoms with Crippen molar-refractivity contribution in [2.45, 2.75) is 40.0 Å². The molecule has 0 aliphatic rings. The van der Waals surface area contributed by atoms with E-state index in [0.29, 0.717) is 0 Å². The van der Waals surface area contributed by atoms with Crippen LogP contribution in [0.5, 0.6) is 0 Å². The molecule has 0 saturated carbocycles.